The van der Waals surface area contributed by atoms with Crippen LogP contribution in [-0.2, 0) is 28.7 Å². The first-order valence-electron chi connectivity index (χ1n) is 13.2. The lowest BCUT2D eigenvalue weighted by atomic mass is 9.49. The van der Waals surface area contributed by atoms with Gasteiger partial charge in [0.1, 0.15) is 0 Å². The molecule has 2 saturated carbocycles. The molecular formula is C30H34O6. The third-order valence-corrected chi connectivity index (χ3v) is 10.3. The van der Waals surface area contributed by atoms with Crippen molar-refractivity contribution in [3.05, 3.63) is 45.6 Å². The van der Waals surface area contributed by atoms with Gasteiger partial charge in [-0.3, -0.25) is 9.59 Å². The number of hydrogen-bond donors (Lipinski definition) is 0. The van der Waals surface area contributed by atoms with Gasteiger partial charge in [0.2, 0.25) is 0 Å². The number of esters is 2. The lowest BCUT2D eigenvalue weighted by Crippen LogP contribution is -2.65. The third-order valence-electron chi connectivity index (χ3n) is 10.3. The van der Waals surface area contributed by atoms with Crippen LogP contribution in [0.15, 0.2) is 45.6 Å². The van der Waals surface area contributed by atoms with Crippen molar-refractivity contribution < 1.29 is 28.7 Å². The number of hydrogen-bond acceptors (Lipinski definition) is 6. The highest BCUT2D eigenvalue weighted by Crippen LogP contribution is 2.66. The van der Waals surface area contributed by atoms with Crippen molar-refractivity contribution in [2.24, 2.45) is 35.5 Å². The Hall–Kier alpha value is -2.76. The first-order chi connectivity index (χ1) is 16.9. The predicted octanol–water partition coefficient (Wildman–Crippen LogP) is 4.59. The van der Waals surface area contributed by atoms with Crippen molar-refractivity contribution in [1.82, 2.24) is 0 Å². The van der Waals surface area contributed by atoms with Gasteiger partial charge in [-0.1, -0.05) is 26.0 Å². The molecule has 6 heteroatoms. The van der Waals surface area contributed by atoms with E-state index in [9.17, 15) is 19.2 Å². The normalized spacial score (nSPS) is 43.8. The molecule has 0 aromatic rings. The van der Waals surface area contributed by atoms with Gasteiger partial charge in [0.05, 0.1) is 0 Å². The monoisotopic (exact) mass is 490 g/mol. The summed E-state index contributed by atoms with van der Waals surface area (Å²) in [4.78, 5) is 52.0. The molecule has 6 aliphatic rings. The fourth-order valence-corrected chi connectivity index (χ4v) is 8.57. The van der Waals surface area contributed by atoms with Crippen LogP contribution in [0.1, 0.15) is 67.2 Å². The molecule has 0 amide bonds. The molecule has 0 spiro atoms. The maximum absolute atomic E-state index is 13.3. The fourth-order valence-electron chi connectivity index (χ4n) is 8.57. The molecule has 0 aromatic carbocycles. The van der Waals surface area contributed by atoms with Gasteiger partial charge in [-0.25, -0.2) is 9.59 Å². The number of rotatable bonds is 1. The summed E-state index contributed by atoms with van der Waals surface area (Å²) in [5, 5.41) is 0. The molecule has 8 atom stereocenters. The molecule has 4 aliphatic carbocycles. The van der Waals surface area contributed by atoms with Crippen molar-refractivity contribution in [1.29, 1.82) is 0 Å². The lowest BCUT2D eigenvalue weighted by Gasteiger charge is -2.58. The van der Waals surface area contributed by atoms with Crippen LogP contribution < -0.4 is 0 Å². The molecule has 2 aliphatic heterocycles. The summed E-state index contributed by atoms with van der Waals surface area (Å²) in [6.45, 7) is 11.6. The Bertz CT molecular complexity index is 1180. The molecule has 8 unspecified atom stereocenters. The molecule has 0 radical (unpaired) electrons. The van der Waals surface area contributed by atoms with Crippen LogP contribution in [0.3, 0.4) is 0 Å². The summed E-state index contributed by atoms with van der Waals surface area (Å²) in [7, 11) is 0. The number of ketones is 2. The Kier molecular flexibility index (Phi) is 4.85. The number of fused-ring (bicyclic) bond motifs is 7. The molecule has 6 nitrogen and oxygen atoms in total. The molecule has 0 saturated heterocycles. The first kappa shape index (κ1) is 23.6. The molecule has 2 fully saturated rings. The van der Waals surface area contributed by atoms with Gasteiger partial charge in [-0.2, -0.15) is 0 Å². The molecule has 190 valence electrons. The highest BCUT2D eigenvalue weighted by atomic mass is 16.6. The van der Waals surface area contributed by atoms with Crippen LogP contribution in [0.25, 0.3) is 0 Å². The SMILES string of the molecule is CC1=CC2C3=C(C)C(=O)OC3(C34CC(C)C5CC(=O)C(C)=CC5C3=C(C)C(=O)O4)CC(C)C2CC1=O. The summed E-state index contributed by atoms with van der Waals surface area (Å²) >= 11 is 0. The average molecular weight is 491 g/mol. The average Bonchev–Trinajstić information content (AvgIpc) is 3.22. The lowest BCUT2D eigenvalue weighted by molar-refractivity contribution is -0.201. The highest BCUT2D eigenvalue weighted by molar-refractivity contribution is 5.99. The first-order valence-corrected chi connectivity index (χ1v) is 13.2. The number of carbonyl (C=O) groups is 4. The molecule has 0 aromatic heterocycles. The number of carbonyl (C=O) groups excluding carboxylic acids is 4. The van der Waals surface area contributed by atoms with E-state index >= 15 is 0 Å². The summed E-state index contributed by atoms with van der Waals surface area (Å²) in [6, 6.07) is 0. The van der Waals surface area contributed by atoms with Crippen molar-refractivity contribution >= 4 is 23.5 Å². The minimum Gasteiger partial charge on any atom is -0.446 e. The molecular weight excluding hydrogens is 456 g/mol. The van der Waals surface area contributed by atoms with E-state index in [4.69, 9.17) is 9.47 Å². The largest absolute Gasteiger partial charge is 0.446 e. The van der Waals surface area contributed by atoms with Crippen LogP contribution in [0, 0.1) is 35.5 Å². The van der Waals surface area contributed by atoms with E-state index in [0.29, 0.717) is 48.0 Å². The molecule has 6 rings (SSSR count). The topological polar surface area (TPSA) is 86.7 Å². The zero-order valence-electron chi connectivity index (χ0n) is 21.9. The van der Waals surface area contributed by atoms with Crippen LogP contribution in [0.5, 0.6) is 0 Å². The minimum absolute atomic E-state index is 0.0824. The molecule has 0 N–H and O–H groups in total. The van der Waals surface area contributed by atoms with Crippen LogP contribution in [-0.4, -0.2) is 34.7 Å². The standard InChI is InChI=1S/C30H34O6/c1-13-7-21-19(9-23(13)31)15(3)11-29(25(21)17(5)27(33)35-29)30-12-16(4)20-10-24(32)14(2)8-22(20)26(30)18(6)28(34)36-30/h7-8,15-16,19-22H,9-12H2,1-6H3. The van der Waals surface area contributed by atoms with Gasteiger partial charge in [0, 0.05) is 35.8 Å². The Morgan fingerprint density at radius 3 is 1.39 bits per heavy atom. The maximum Gasteiger partial charge on any atom is 0.334 e. The predicted molar refractivity (Wildman–Crippen MR) is 131 cm³/mol. The number of allylic oxidation sites excluding steroid dienone is 4. The second-order valence-corrected chi connectivity index (χ2v) is 12.2. The minimum atomic E-state index is -1.11. The quantitative estimate of drug-likeness (QED) is 0.500. The Balaban J connectivity index is 1.61. The van der Waals surface area contributed by atoms with Gasteiger partial charge >= 0.3 is 11.9 Å². The molecule has 2 heterocycles. The van der Waals surface area contributed by atoms with E-state index in [1.54, 1.807) is 0 Å². The van der Waals surface area contributed by atoms with E-state index < -0.39 is 11.2 Å². The number of Topliss-reactive ketones (excluding diaryl/α,β-unsaturated/α-hetero) is 2. The Morgan fingerprint density at radius 2 is 1.03 bits per heavy atom. The maximum atomic E-state index is 13.3. The van der Waals surface area contributed by atoms with Gasteiger partial charge in [0.25, 0.3) is 0 Å². The van der Waals surface area contributed by atoms with Crippen molar-refractivity contribution in [3.8, 4) is 0 Å². The zero-order valence-corrected chi connectivity index (χ0v) is 21.9. The van der Waals surface area contributed by atoms with E-state index in [-0.39, 0.29) is 59.0 Å². The third kappa shape index (κ3) is 2.73. The van der Waals surface area contributed by atoms with E-state index in [0.717, 1.165) is 11.1 Å². The van der Waals surface area contributed by atoms with Gasteiger partial charge in [-0.15, -0.1) is 0 Å². The highest BCUT2D eigenvalue weighted by Gasteiger charge is 2.73. The van der Waals surface area contributed by atoms with Crippen LogP contribution in [0.4, 0.5) is 0 Å². The van der Waals surface area contributed by atoms with Crippen molar-refractivity contribution in [2.75, 3.05) is 0 Å². The second kappa shape index (κ2) is 7.39. The van der Waals surface area contributed by atoms with Gasteiger partial charge < -0.3 is 9.47 Å². The van der Waals surface area contributed by atoms with E-state index in [2.05, 4.69) is 13.8 Å². The molecule has 36 heavy (non-hydrogen) atoms. The summed E-state index contributed by atoms with van der Waals surface area (Å²) in [6.07, 6.45) is 5.95. The van der Waals surface area contributed by atoms with Gasteiger partial charge in [-0.05, 0) is 86.5 Å². The van der Waals surface area contributed by atoms with Crippen molar-refractivity contribution in [3.63, 3.8) is 0 Å². The van der Waals surface area contributed by atoms with Crippen LogP contribution in [0.2, 0.25) is 0 Å². The van der Waals surface area contributed by atoms with Crippen LogP contribution >= 0.6 is 0 Å². The summed E-state index contributed by atoms with van der Waals surface area (Å²) < 4.78 is 12.9. The second-order valence-electron chi connectivity index (χ2n) is 12.2. The summed E-state index contributed by atoms with van der Waals surface area (Å²) in [5.74, 6) is -0.328. The van der Waals surface area contributed by atoms with E-state index in [1.165, 1.54) is 0 Å². The smallest absolute Gasteiger partial charge is 0.334 e. The fraction of sp³-hybridized carbons (Fsp3) is 0.600. The summed E-state index contributed by atoms with van der Waals surface area (Å²) in [5.41, 5.74) is 2.13. The number of ether oxygens (including phenoxy) is 2. The van der Waals surface area contributed by atoms with E-state index in [1.807, 2.05) is 39.8 Å². The molecule has 0 bridgehead atoms. The Morgan fingerprint density at radius 1 is 0.667 bits per heavy atom. The van der Waals surface area contributed by atoms with Crippen molar-refractivity contribution in [2.45, 2.75) is 78.4 Å². The zero-order chi connectivity index (χ0) is 25.9. The Labute approximate surface area is 211 Å². The van der Waals surface area contributed by atoms with Gasteiger partial charge in [0.15, 0.2) is 22.8 Å².